The van der Waals surface area contributed by atoms with Gasteiger partial charge >= 0.3 is 6.03 Å². The van der Waals surface area contributed by atoms with Gasteiger partial charge < -0.3 is 15.0 Å². The third kappa shape index (κ3) is 4.03. The van der Waals surface area contributed by atoms with E-state index in [1.807, 2.05) is 37.3 Å². The van der Waals surface area contributed by atoms with Crippen LogP contribution < -0.4 is 10.1 Å². The zero-order chi connectivity index (χ0) is 18.8. The first-order valence-corrected chi connectivity index (χ1v) is 9.74. The molecule has 2 heterocycles. The Labute approximate surface area is 160 Å². The molecule has 0 bridgehead atoms. The maximum atomic E-state index is 13.8. The highest BCUT2D eigenvalue weighted by Crippen LogP contribution is 2.31. The van der Waals surface area contributed by atoms with Crippen LogP contribution in [0.25, 0.3) is 10.2 Å². The van der Waals surface area contributed by atoms with E-state index in [2.05, 4.69) is 10.3 Å². The summed E-state index contributed by atoms with van der Waals surface area (Å²) < 4.78 is 20.5. The first-order valence-electron chi connectivity index (χ1n) is 8.93. The zero-order valence-electron chi connectivity index (χ0n) is 14.9. The Bertz CT molecular complexity index is 950. The summed E-state index contributed by atoms with van der Waals surface area (Å²) in [6.07, 6.45) is 1.43. The Balaban J connectivity index is 1.32. The number of piperidine rings is 1. The number of halogens is 1. The highest BCUT2D eigenvalue weighted by molar-refractivity contribution is 7.20. The molecule has 2 aromatic carbocycles. The summed E-state index contributed by atoms with van der Waals surface area (Å²) in [5.74, 6) is -0.332. The zero-order valence-corrected chi connectivity index (χ0v) is 15.8. The third-order valence-corrected chi connectivity index (χ3v) is 5.56. The molecular weight excluding hydrogens is 365 g/mol. The molecule has 1 aliphatic rings. The summed E-state index contributed by atoms with van der Waals surface area (Å²) in [7, 11) is 0. The van der Waals surface area contributed by atoms with Crippen LogP contribution in [0.3, 0.4) is 0 Å². The summed E-state index contributed by atoms with van der Waals surface area (Å²) in [5.41, 5.74) is 2.30. The molecule has 1 N–H and O–H groups in total. The molecule has 0 radical (unpaired) electrons. The number of benzene rings is 2. The summed E-state index contributed by atoms with van der Waals surface area (Å²) in [5, 5.41) is 3.41. The number of fused-ring (bicyclic) bond motifs is 1. The molecule has 2 amide bonds. The molecule has 4 rings (SSSR count). The van der Waals surface area contributed by atoms with Gasteiger partial charge in [-0.3, -0.25) is 0 Å². The maximum Gasteiger partial charge on any atom is 0.321 e. The van der Waals surface area contributed by atoms with Crippen LogP contribution in [0.4, 0.5) is 14.9 Å². The van der Waals surface area contributed by atoms with Gasteiger partial charge in [-0.1, -0.05) is 35.1 Å². The number of hydrogen-bond acceptors (Lipinski definition) is 4. The van der Waals surface area contributed by atoms with Crippen molar-refractivity contribution < 1.29 is 13.9 Å². The minimum absolute atomic E-state index is 0.0166. The van der Waals surface area contributed by atoms with Crippen molar-refractivity contribution in [3.8, 4) is 5.19 Å². The van der Waals surface area contributed by atoms with Gasteiger partial charge in [0.15, 0.2) is 0 Å². The Morgan fingerprint density at radius 3 is 2.67 bits per heavy atom. The van der Waals surface area contributed by atoms with E-state index in [0.717, 1.165) is 28.8 Å². The summed E-state index contributed by atoms with van der Waals surface area (Å²) in [4.78, 5) is 18.4. The number of aromatic nitrogens is 1. The molecule has 0 spiro atoms. The molecule has 140 valence electrons. The number of aryl methyl sites for hydroxylation is 1. The predicted molar refractivity (Wildman–Crippen MR) is 105 cm³/mol. The lowest BCUT2D eigenvalue weighted by molar-refractivity contribution is 0.115. The molecule has 0 unspecified atom stereocenters. The van der Waals surface area contributed by atoms with Gasteiger partial charge in [-0.25, -0.2) is 9.18 Å². The molecule has 0 atom stereocenters. The Kier molecular flexibility index (Phi) is 4.94. The standard InChI is InChI=1S/C20H20FN3O2S/c1-13-5-7-14(8-6-13)22-19(25)24-11-9-15(10-12-24)26-20-23-18-16(21)3-2-4-17(18)27-20/h2-8,15H,9-12H2,1H3,(H,22,25). The summed E-state index contributed by atoms with van der Waals surface area (Å²) in [6.45, 7) is 3.24. The molecule has 1 saturated heterocycles. The van der Waals surface area contributed by atoms with Crippen LogP contribution in [0.1, 0.15) is 18.4 Å². The number of thiazole rings is 1. The number of para-hydroxylation sites is 1. The predicted octanol–water partition coefficient (Wildman–Crippen LogP) is 4.82. The third-order valence-electron chi connectivity index (χ3n) is 4.65. The van der Waals surface area contributed by atoms with Gasteiger partial charge in [0, 0.05) is 31.6 Å². The Morgan fingerprint density at radius 1 is 1.22 bits per heavy atom. The van der Waals surface area contributed by atoms with Crippen LogP contribution in [0, 0.1) is 12.7 Å². The lowest BCUT2D eigenvalue weighted by Gasteiger charge is -2.31. The number of likely N-dealkylation sites (tertiary alicyclic amines) is 1. The second kappa shape index (κ2) is 7.52. The maximum absolute atomic E-state index is 13.8. The number of rotatable bonds is 3. The van der Waals surface area contributed by atoms with Gasteiger partial charge in [-0.05, 0) is 31.2 Å². The lowest BCUT2D eigenvalue weighted by Crippen LogP contribution is -2.43. The van der Waals surface area contributed by atoms with E-state index >= 15 is 0 Å². The number of amides is 2. The van der Waals surface area contributed by atoms with Crippen molar-refractivity contribution in [3.05, 3.63) is 53.8 Å². The number of nitrogens with one attached hydrogen (secondary N) is 1. The molecule has 0 aliphatic carbocycles. The minimum Gasteiger partial charge on any atom is -0.467 e. The quantitative estimate of drug-likeness (QED) is 0.703. The van der Waals surface area contributed by atoms with E-state index in [1.54, 1.807) is 11.0 Å². The van der Waals surface area contributed by atoms with Crippen LogP contribution in [-0.2, 0) is 0 Å². The second-order valence-corrected chi connectivity index (χ2v) is 7.66. The molecule has 0 saturated carbocycles. The van der Waals surface area contributed by atoms with Crippen LogP contribution in [0.2, 0.25) is 0 Å². The lowest BCUT2D eigenvalue weighted by atomic mass is 10.1. The SMILES string of the molecule is Cc1ccc(NC(=O)N2CCC(Oc3nc4c(F)cccc4s3)CC2)cc1. The summed E-state index contributed by atoms with van der Waals surface area (Å²) >= 11 is 1.35. The molecule has 5 nitrogen and oxygen atoms in total. The molecule has 1 fully saturated rings. The minimum atomic E-state index is -0.332. The van der Waals surface area contributed by atoms with Crippen molar-refractivity contribution in [1.29, 1.82) is 0 Å². The van der Waals surface area contributed by atoms with Crippen LogP contribution >= 0.6 is 11.3 Å². The number of carbonyl (C=O) groups excluding carboxylic acids is 1. The van der Waals surface area contributed by atoms with Crippen molar-refractivity contribution in [2.75, 3.05) is 18.4 Å². The number of anilines is 1. The highest BCUT2D eigenvalue weighted by atomic mass is 32.1. The number of carbonyl (C=O) groups is 1. The van der Waals surface area contributed by atoms with Gasteiger partial charge in [-0.15, -0.1) is 0 Å². The van der Waals surface area contributed by atoms with Crippen molar-refractivity contribution in [1.82, 2.24) is 9.88 Å². The number of nitrogens with zero attached hydrogens (tertiary/aromatic N) is 2. The fourth-order valence-corrected chi connectivity index (χ4v) is 4.00. The second-order valence-electron chi connectivity index (χ2n) is 6.67. The monoisotopic (exact) mass is 385 g/mol. The van der Waals surface area contributed by atoms with E-state index in [1.165, 1.54) is 17.4 Å². The van der Waals surface area contributed by atoms with Gasteiger partial charge in [0.05, 0.1) is 4.70 Å². The molecule has 1 aliphatic heterocycles. The normalized spacial score (nSPS) is 15.1. The van der Waals surface area contributed by atoms with Crippen LogP contribution in [0.5, 0.6) is 5.19 Å². The molecule has 3 aromatic rings. The average Bonchev–Trinajstić information content (AvgIpc) is 3.08. The van der Waals surface area contributed by atoms with Crippen molar-refractivity contribution in [2.24, 2.45) is 0 Å². The van der Waals surface area contributed by atoms with Crippen molar-refractivity contribution in [2.45, 2.75) is 25.9 Å². The van der Waals surface area contributed by atoms with Crippen LogP contribution in [-0.4, -0.2) is 35.1 Å². The smallest absolute Gasteiger partial charge is 0.321 e. The first kappa shape index (κ1) is 17.7. The largest absolute Gasteiger partial charge is 0.467 e. The first-order chi connectivity index (χ1) is 13.1. The fourth-order valence-electron chi connectivity index (χ4n) is 3.10. The average molecular weight is 385 g/mol. The van der Waals surface area contributed by atoms with E-state index in [-0.39, 0.29) is 18.0 Å². The Morgan fingerprint density at radius 2 is 1.96 bits per heavy atom. The fraction of sp³-hybridized carbons (Fsp3) is 0.300. The van der Waals surface area contributed by atoms with Crippen molar-refractivity contribution in [3.63, 3.8) is 0 Å². The number of ether oxygens (including phenoxy) is 1. The van der Waals surface area contributed by atoms with Crippen LogP contribution in [0.15, 0.2) is 42.5 Å². The van der Waals surface area contributed by atoms with Gasteiger partial charge in [0.25, 0.3) is 5.19 Å². The van der Waals surface area contributed by atoms with Crippen molar-refractivity contribution >= 4 is 33.3 Å². The Hall–Kier alpha value is -2.67. The van der Waals surface area contributed by atoms with E-state index in [4.69, 9.17) is 4.74 Å². The van der Waals surface area contributed by atoms with E-state index in [9.17, 15) is 9.18 Å². The molecule has 27 heavy (non-hydrogen) atoms. The van der Waals surface area contributed by atoms with E-state index in [0.29, 0.717) is 23.8 Å². The van der Waals surface area contributed by atoms with E-state index < -0.39 is 0 Å². The van der Waals surface area contributed by atoms with Gasteiger partial charge in [0.2, 0.25) is 0 Å². The number of urea groups is 1. The molecular formula is C20H20FN3O2S. The van der Waals surface area contributed by atoms with Gasteiger partial charge in [0.1, 0.15) is 17.4 Å². The topological polar surface area (TPSA) is 54.5 Å². The number of hydrogen-bond donors (Lipinski definition) is 1. The summed E-state index contributed by atoms with van der Waals surface area (Å²) in [6, 6.07) is 12.5. The highest BCUT2D eigenvalue weighted by Gasteiger charge is 2.25. The molecule has 7 heteroatoms. The van der Waals surface area contributed by atoms with Gasteiger partial charge in [-0.2, -0.15) is 4.98 Å². The molecule has 1 aromatic heterocycles.